The normalized spacial score (nSPS) is 25.1. The Labute approximate surface area is 118 Å². The second kappa shape index (κ2) is 8.41. The molecule has 0 spiro atoms. The molecule has 0 aliphatic carbocycles. The third-order valence-electron chi connectivity index (χ3n) is 3.68. The van der Waals surface area contributed by atoms with Gasteiger partial charge in [0.15, 0.2) is 5.96 Å². The number of nitrogens with zero attached hydrogens (tertiary/aromatic N) is 1. The van der Waals surface area contributed by atoms with Crippen LogP contribution < -0.4 is 11.1 Å². The Morgan fingerprint density at radius 1 is 1.37 bits per heavy atom. The molecule has 112 valence electrons. The van der Waals surface area contributed by atoms with E-state index in [1.54, 1.807) is 0 Å². The van der Waals surface area contributed by atoms with Gasteiger partial charge < -0.3 is 15.8 Å². The van der Waals surface area contributed by atoms with Crippen molar-refractivity contribution in [1.29, 1.82) is 0 Å². The lowest BCUT2D eigenvalue weighted by atomic mass is 9.87. The summed E-state index contributed by atoms with van der Waals surface area (Å²) in [6.07, 6.45) is 3.80. The third-order valence-corrected chi connectivity index (χ3v) is 3.68. The van der Waals surface area contributed by atoms with E-state index in [0.29, 0.717) is 29.8 Å². The molecule has 0 aromatic heterocycles. The van der Waals surface area contributed by atoms with Crippen LogP contribution in [0.2, 0.25) is 0 Å². The van der Waals surface area contributed by atoms with Crippen LogP contribution in [0, 0.1) is 17.8 Å². The van der Waals surface area contributed by atoms with Gasteiger partial charge >= 0.3 is 0 Å². The molecule has 0 saturated carbocycles. The highest BCUT2D eigenvalue weighted by atomic mass is 16.5. The van der Waals surface area contributed by atoms with Crippen molar-refractivity contribution in [2.45, 2.75) is 53.1 Å². The highest BCUT2D eigenvalue weighted by molar-refractivity contribution is 5.77. The van der Waals surface area contributed by atoms with Gasteiger partial charge in [-0.25, -0.2) is 0 Å². The van der Waals surface area contributed by atoms with Crippen molar-refractivity contribution in [2.24, 2.45) is 28.5 Å². The molecule has 1 aliphatic rings. The average Bonchev–Trinajstić information content (AvgIpc) is 2.36. The van der Waals surface area contributed by atoms with E-state index in [0.717, 1.165) is 32.5 Å². The van der Waals surface area contributed by atoms with E-state index in [2.05, 4.69) is 38.0 Å². The summed E-state index contributed by atoms with van der Waals surface area (Å²) in [5, 5.41) is 3.18. The lowest BCUT2D eigenvalue weighted by Crippen LogP contribution is -2.37. The SMILES string of the molecule is CC(C)CCNC(N)=NCC1CCCOC1C(C)C. The fourth-order valence-corrected chi connectivity index (χ4v) is 2.56. The largest absolute Gasteiger partial charge is 0.378 e. The number of guanidine groups is 1. The minimum Gasteiger partial charge on any atom is -0.378 e. The van der Waals surface area contributed by atoms with Crippen LogP contribution in [-0.2, 0) is 4.74 Å². The Balaban J connectivity index is 2.35. The van der Waals surface area contributed by atoms with Crippen LogP contribution in [0.5, 0.6) is 0 Å². The number of hydrogen-bond donors (Lipinski definition) is 2. The van der Waals surface area contributed by atoms with Gasteiger partial charge in [0.05, 0.1) is 6.10 Å². The minimum absolute atomic E-state index is 0.334. The first-order valence-corrected chi connectivity index (χ1v) is 7.66. The fraction of sp³-hybridized carbons (Fsp3) is 0.933. The highest BCUT2D eigenvalue weighted by Crippen LogP contribution is 2.26. The lowest BCUT2D eigenvalue weighted by molar-refractivity contribution is -0.0491. The summed E-state index contributed by atoms with van der Waals surface area (Å²) in [6.45, 7) is 11.4. The Morgan fingerprint density at radius 2 is 2.11 bits per heavy atom. The number of nitrogens with one attached hydrogen (secondary N) is 1. The first kappa shape index (κ1) is 16.3. The molecular formula is C15H31N3O. The molecule has 0 bridgehead atoms. The van der Waals surface area contributed by atoms with Crippen molar-refractivity contribution in [1.82, 2.24) is 5.32 Å². The Bertz CT molecular complexity index is 277. The molecule has 0 aromatic rings. The molecule has 1 rings (SSSR count). The van der Waals surface area contributed by atoms with Crippen molar-refractivity contribution in [3.05, 3.63) is 0 Å². The summed E-state index contributed by atoms with van der Waals surface area (Å²) < 4.78 is 5.87. The van der Waals surface area contributed by atoms with E-state index < -0.39 is 0 Å². The van der Waals surface area contributed by atoms with Gasteiger partial charge in [-0.05, 0) is 31.1 Å². The van der Waals surface area contributed by atoms with Crippen molar-refractivity contribution >= 4 is 5.96 Å². The summed E-state index contributed by atoms with van der Waals surface area (Å²) >= 11 is 0. The van der Waals surface area contributed by atoms with E-state index in [-0.39, 0.29) is 0 Å². The minimum atomic E-state index is 0.334. The molecule has 4 heteroatoms. The van der Waals surface area contributed by atoms with Crippen LogP contribution in [-0.4, -0.2) is 31.8 Å². The molecule has 3 N–H and O–H groups in total. The molecule has 1 aliphatic heterocycles. The number of nitrogens with two attached hydrogens (primary N) is 1. The van der Waals surface area contributed by atoms with Gasteiger partial charge in [-0.1, -0.05) is 27.7 Å². The standard InChI is InChI=1S/C15H31N3O/c1-11(2)7-8-17-15(16)18-10-13-6-5-9-19-14(13)12(3)4/h11-14H,5-10H2,1-4H3,(H3,16,17,18). The van der Waals surface area contributed by atoms with Crippen LogP contribution in [0.4, 0.5) is 0 Å². The molecular weight excluding hydrogens is 238 g/mol. The van der Waals surface area contributed by atoms with Gasteiger partial charge in [0.25, 0.3) is 0 Å². The molecule has 0 aromatic carbocycles. The van der Waals surface area contributed by atoms with Gasteiger partial charge in [0.2, 0.25) is 0 Å². The molecule has 4 nitrogen and oxygen atoms in total. The van der Waals surface area contributed by atoms with Gasteiger partial charge in [-0.3, -0.25) is 4.99 Å². The second-order valence-electron chi connectivity index (χ2n) is 6.32. The molecule has 1 saturated heterocycles. The smallest absolute Gasteiger partial charge is 0.188 e. The summed E-state index contributed by atoms with van der Waals surface area (Å²) in [6, 6.07) is 0. The maximum absolute atomic E-state index is 5.90. The first-order valence-electron chi connectivity index (χ1n) is 7.66. The van der Waals surface area contributed by atoms with Crippen LogP contribution in [0.1, 0.15) is 47.0 Å². The summed E-state index contributed by atoms with van der Waals surface area (Å²) in [7, 11) is 0. The molecule has 2 unspecified atom stereocenters. The zero-order valence-electron chi connectivity index (χ0n) is 13.0. The summed E-state index contributed by atoms with van der Waals surface area (Å²) in [4.78, 5) is 4.48. The monoisotopic (exact) mass is 269 g/mol. The zero-order chi connectivity index (χ0) is 14.3. The van der Waals surface area contributed by atoms with E-state index >= 15 is 0 Å². The van der Waals surface area contributed by atoms with Crippen molar-refractivity contribution in [3.8, 4) is 0 Å². The van der Waals surface area contributed by atoms with Gasteiger partial charge in [0, 0.05) is 25.6 Å². The molecule has 1 heterocycles. The predicted molar refractivity (Wildman–Crippen MR) is 81.2 cm³/mol. The van der Waals surface area contributed by atoms with Crippen LogP contribution in [0.3, 0.4) is 0 Å². The zero-order valence-corrected chi connectivity index (χ0v) is 13.0. The number of rotatable bonds is 6. The lowest BCUT2D eigenvalue weighted by Gasteiger charge is -2.33. The number of aliphatic imine (C=N–C) groups is 1. The van der Waals surface area contributed by atoms with Crippen LogP contribution >= 0.6 is 0 Å². The molecule has 1 fully saturated rings. The fourth-order valence-electron chi connectivity index (χ4n) is 2.56. The molecule has 0 radical (unpaired) electrons. The van der Waals surface area contributed by atoms with Gasteiger partial charge in [-0.15, -0.1) is 0 Å². The maximum Gasteiger partial charge on any atom is 0.188 e. The van der Waals surface area contributed by atoms with Crippen molar-refractivity contribution in [3.63, 3.8) is 0 Å². The van der Waals surface area contributed by atoms with Crippen molar-refractivity contribution in [2.75, 3.05) is 19.7 Å². The molecule has 0 amide bonds. The quantitative estimate of drug-likeness (QED) is 0.575. The number of hydrogen-bond acceptors (Lipinski definition) is 2. The van der Waals surface area contributed by atoms with Crippen LogP contribution in [0.15, 0.2) is 4.99 Å². The molecule has 19 heavy (non-hydrogen) atoms. The highest BCUT2D eigenvalue weighted by Gasteiger charge is 2.28. The maximum atomic E-state index is 5.90. The van der Waals surface area contributed by atoms with Gasteiger partial charge in [-0.2, -0.15) is 0 Å². The van der Waals surface area contributed by atoms with E-state index in [1.807, 2.05) is 0 Å². The summed E-state index contributed by atoms with van der Waals surface area (Å²) in [5.41, 5.74) is 5.90. The van der Waals surface area contributed by atoms with Crippen molar-refractivity contribution < 1.29 is 4.74 Å². The Morgan fingerprint density at radius 3 is 2.74 bits per heavy atom. The third kappa shape index (κ3) is 6.28. The van der Waals surface area contributed by atoms with E-state index in [1.165, 1.54) is 6.42 Å². The Kier molecular flexibility index (Phi) is 7.21. The van der Waals surface area contributed by atoms with Gasteiger partial charge in [0.1, 0.15) is 0 Å². The average molecular weight is 269 g/mol. The Hall–Kier alpha value is -0.770. The first-order chi connectivity index (χ1) is 9.00. The van der Waals surface area contributed by atoms with E-state index in [4.69, 9.17) is 10.5 Å². The van der Waals surface area contributed by atoms with E-state index in [9.17, 15) is 0 Å². The van der Waals surface area contributed by atoms with Crippen LogP contribution in [0.25, 0.3) is 0 Å². The topological polar surface area (TPSA) is 59.6 Å². The predicted octanol–water partition coefficient (Wildman–Crippen LogP) is 2.39. The summed E-state index contributed by atoms with van der Waals surface area (Å²) in [5.74, 6) is 2.33. The molecule has 2 atom stereocenters. The second-order valence-corrected chi connectivity index (χ2v) is 6.32. The number of ether oxygens (including phenoxy) is 1.